The number of rotatable bonds is 7. The first-order valence-corrected chi connectivity index (χ1v) is 12.2. The van der Waals surface area contributed by atoms with Crippen molar-refractivity contribution in [2.24, 2.45) is 7.05 Å². The molecule has 0 bridgehead atoms. The molecular formula is C29H28N6O2. The number of nitriles is 1. The molecule has 37 heavy (non-hydrogen) atoms. The number of likely N-dealkylation sites (N-methyl/N-ethyl adjacent to an activating group) is 1. The van der Waals surface area contributed by atoms with Crippen LogP contribution in [0.2, 0.25) is 0 Å². The fraction of sp³-hybridized carbons (Fsp3) is 0.241. The molecule has 1 N–H and O–H groups in total. The molecule has 186 valence electrons. The highest BCUT2D eigenvalue weighted by Crippen LogP contribution is 2.37. The molecule has 1 aliphatic rings. The molecule has 8 nitrogen and oxygen atoms in total. The van der Waals surface area contributed by atoms with Crippen LogP contribution in [-0.2, 0) is 11.8 Å². The SMILES string of the molecule is C[C@H](CN[C@H](c1ccccc1)[C@H]1Oc2ncc(-c3cnn(C)c3)cc2N(C)C1=O)c1ccc(C#N)cc1. The van der Waals surface area contributed by atoms with Crippen LogP contribution in [0.4, 0.5) is 5.69 Å². The van der Waals surface area contributed by atoms with Crippen molar-refractivity contribution in [2.45, 2.75) is 25.0 Å². The smallest absolute Gasteiger partial charge is 0.270 e. The highest BCUT2D eigenvalue weighted by molar-refractivity contribution is 6.00. The van der Waals surface area contributed by atoms with Gasteiger partial charge in [-0.25, -0.2) is 4.98 Å². The molecule has 5 rings (SSSR count). The lowest BCUT2D eigenvalue weighted by atomic mass is 9.96. The van der Waals surface area contributed by atoms with Gasteiger partial charge in [-0.2, -0.15) is 10.4 Å². The van der Waals surface area contributed by atoms with Crippen LogP contribution in [0.25, 0.3) is 11.1 Å². The summed E-state index contributed by atoms with van der Waals surface area (Å²) in [7, 11) is 3.62. The van der Waals surface area contributed by atoms with E-state index in [4.69, 9.17) is 10.00 Å². The maximum absolute atomic E-state index is 13.6. The number of benzene rings is 2. The van der Waals surface area contributed by atoms with Gasteiger partial charge in [0.05, 0.1) is 23.9 Å². The number of hydrogen-bond donors (Lipinski definition) is 1. The van der Waals surface area contributed by atoms with E-state index in [1.54, 1.807) is 29.0 Å². The van der Waals surface area contributed by atoms with Crippen molar-refractivity contribution in [3.63, 3.8) is 0 Å². The molecule has 2 aromatic heterocycles. The Hall–Kier alpha value is -4.48. The molecule has 0 radical (unpaired) electrons. The predicted molar refractivity (Wildman–Crippen MR) is 141 cm³/mol. The summed E-state index contributed by atoms with van der Waals surface area (Å²) in [5.74, 6) is 0.426. The van der Waals surface area contributed by atoms with Gasteiger partial charge in [-0.3, -0.25) is 9.48 Å². The van der Waals surface area contributed by atoms with E-state index >= 15 is 0 Å². The Bertz CT molecular complexity index is 1440. The monoisotopic (exact) mass is 492 g/mol. The second kappa shape index (κ2) is 10.2. The molecule has 1 aliphatic heterocycles. The van der Waals surface area contributed by atoms with Gasteiger partial charge in [0.2, 0.25) is 5.88 Å². The fourth-order valence-electron chi connectivity index (χ4n) is 4.56. The Balaban J connectivity index is 1.41. The molecule has 0 saturated carbocycles. The molecule has 2 aromatic carbocycles. The Morgan fingerprint density at radius 1 is 1.05 bits per heavy atom. The van der Waals surface area contributed by atoms with Crippen molar-refractivity contribution in [3.05, 3.63) is 95.9 Å². The second-order valence-corrected chi connectivity index (χ2v) is 9.32. The van der Waals surface area contributed by atoms with Gasteiger partial charge < -0.3 is 15.0 Å². The third kappa shape index (κ3) is 4.95. The Kier molecular flexibility index (Phi) is 6.71. The van der Waals surface area contributed by atoms with Gasteiger partial charge in [-0.1, -0.05) is 49.4 Å². The number of nitrogens with zero attached hydrogens (tertiary/aromatic N) is 5. The summed E-state index contributed by atoms with van der Waals surface area (Å²) in [5.41, 5.74) is 5.11. The maximum Gasteiger partial charge on any atom is 0.270 e. The van der Waals surface area contributed by atoms with Crippen LogP contribution in [0.5, 0.6) is 5.88 Å². The second-order valence-electron chi connectivity index (χ2n) is 9.32. The molecule has 0 spiro atoms. The van der Waals surface area contributed by atoms with Gasteiger partial charge in [0, 0.05) is 44.2 Å². The number of hydrogen-bond acceptors (Lipinski definition) is 6. The van der Waals surface area contributed by atoms with Gasteiger partial charge in [-0.15, -0.1) is 0 Å². The predicted octanol–water partition coefficient (Wildman–Crippen LogP) is 4.21. The number of carbonyl (C=O) groups is 1. The number of aromatic nitrogens is 3. The van der Waals surface area contributed by atoms with Crippen LogP contribution in [0, 0.1) is 11.3 Å². The molecule has 0 aliphatic carbocycles. The number of aryl methyl sites for hydroxylation is 1. The quantitative estimate of drug-likeness (QED) is 0.415. The summed E-state index contributed by atoms with van der Waals surface area (Å²) >= 11 is 0. The summed E-state index contributed by atoms with van der Waals surface area (Å²) in [6, 6.07) is 21.1. The molecule has 8 heteroatoms. The lowest BCUT2D eigenvalue weighted by Gasteiger charge is -2.36. The zero-order valence-electron chi connectivity index (χ0n) is 21.0. The minimum absolute atomic E-state index is 0.148. The minimum atomic E-state index is -0.787. The number of fused-ring (bicyclic) bond motifs is 1. The molecule has 0 unspecified atom stereocenters. The van der Waals surface area contributed by atoms with Gasteiger partial charge in [-0.05, 0) is 35.2 Å². The van der Waals surface area contributed by atoms with Crippen LogP contribution < -0.4 is 15.0 Å². The van der Waals surface area contributed by atoms with Gasteiger partial charge in [0.25, 0.3) is 5.91 Å². The number of ether oxygens (including phenoxy) is 1. The Morgan fingerprint density at radius 3 is 2.49 bits per heavy atom. The van der Waals surface area contributed by atoms with Crippen molar-refractivity contribution in [1.29, 1.82) is 5.26 Å². The van der Waals surface area contributed by atoms with E-state index in [1.165, 1.54) is 0 Å². The van der Waals surface area contributed by atoms with Crippen molar-refractivity contribution in [1.82, 2.24) is 20.1 Å². The molecule has 0 fully saturated rings. The van der Waals surface area contributed by atoms with E-state index in [0.29, 0.717) is 23.7 Å². The highest BCUT2D eigenvalue weighted by atomic mass is 16.5. The van der Waals surface area contributed by atoms with Crippen molar-refractivity contribution in [3.8, 4) is 23.1 Å². The Morgan fingerprint density at radius 2 is 1.81 bits per heavy atom. The number of carbonyl (C=O) groups excluding carboxylic acids is 1. The normalized spacial score (nSPS) is 16.4. The third-order valence-corrected chi connectivity index (χ3v) is 6.76. The minimum Gasteiger partial charge on any atom is -0.461 e. The van der Waals surface area contributed by atoms with Crippen LogP contribution in [0.1, 0.15) is 35.6 Å². The lowest BCUT2D eigenvalue weighted by Crippen LogP contribution is -2.51. The summed E-state index contributed by atoms with van der Waals surface area (Å²) in [5, 5.41) is 16.9. The van der Waals surface area contributed by atoms with Crippen molar-refractivity contribution >= 4 is 11.6 Å². The summed E-state index contributed by atoms with van der Waals surface area (Å²) in [6.07, 6.45) is 4.63. The van der Waals surface area contributed by atoms with E-state index < -0.39 is 6.10 Å². The van der Waals surface area contributed by atoms with Gasteiger partial charge in [0.15, 0.2) is 6.10 Å². The summed E-state index contributed by atoms with van der Waals surface area (Å²) in [6.45, 7) is 2.73. The first-order chi connectivity index (χ1) is 17.9. The molecule has 1 amide bonds. The van der Waals surface area contributed by atoms with Crippen molar-refractivity contribution < 1.29 is 9.53 Å². The molecule has 3 atom stereocenters. The molecule has 4 aromatic rings. The van der Waals surface area contributed by atoms with E-state index in [2.05, 4.69) is 28.4 Å². The first kappa shape index (κ1) is 24.2. The van der Waals surface area contributed by atoms with Gasteiger partial charge >= 0.3 is 0 Å². The summed E-state index contributed by atoms with van der Waals surface area (Å²) < 4.78 is 8.00. The standard InChI is InChI=1S/C29H28N6O2/c1-19(21-11-9-20(14-30)10-12-21)15-31-26(22-7-5-4-6-8-22)27-29(36)35(3)25-13-23(16-32-28(25)37-27)24-17-33-34(2)18-24/h4-13,16-19,26-27,31H,15H2,1-3H3/t19-,26-,27-/m1/s1. The zero-order chi connectivity index (χ0) is 25.9. The average molecular weight is 493 g/mol. The number of pyridine rings is 1. The number of anilines is 1. The average Bonchev–Trinajstić information content (AvgIpc) is 3.38. The lowest BCUT2D eigenvalue weighted by molar-refractivity contribution is -0.127. The molecular weight excluding hydrogens is 464 g/mol. The number of nitrogens with one attached hydrogen (secondary N) is 1. The highest BCUT2D eigenvalue weighted by Gasteiger charge is 2.39. The first-order valence-electron chi connectivity index (χ1n) is 12.2. The van der Waals surface area contributed by atoms with E-state index in [-0.39, 0.29) is 17.9 Å². The topological polar surface area (TPSA) is 96.1 Å². The summed E-state index contributed by atoms with van der Waals surface area (Å²) in [4.78, 5) is 19.8. The maximum atomic E-state index is 13.6. The largest absolute Gasteiger partial charge is 0.461 e. The van der Waals surface area contributed by atoms with Crippen molar-refractivity contribution in [2.75, 3.05) is 18.5 Å². The third-order valence-electron chi connectivity index (χ3n) is 6.76. The molecule has 0 saturated heterocycles. The van der Waals surface area contributed by atoms with Crippen LogP contribution >= 0.6 is 0 Å². The van der Waals surface area contributed by atoms with E-state index in [0.717, 1.165) is 22.3 Å². The van der Waals surface area contributed by atoms with Crippen LogP contribution in [0.15, 0.2) is 79.3 Å². The zero-order valence-corrected chi connectivity index (χ0v) is 21.0. The Labute approximate surface area is 216 Å². The van der Waals surface area contributed by atoms with Crippen LogP contribution in [-0.4, -0.2) is 40.4 Å². The van der Waals surface area contributed by atoms with E-state index in [9.17, 15) is 4.79 Å². The molecule has 3 heterocycles. The van der Waals surface area contributed by atoms with Gasteiger partial charge in [0.1, 0.15) is 5.69 Å². The fourth-order valence-corrected chi connectivity index (χ4v) is 4.56. The number of amides is 1. The van der Waals surface area contributed by atoms with E-state index in [1.807, 2.05) is 73.9 Å². The van der Waals surface area contributed by atoms with Crippen LogP contribution in [0.3, 0.4) is 0 Å².